The lowest BCUT2D eigenvalue weighted by molar-refractivity contribution is -0.116. The number of nitrogens with two attached hydrogens (primary N) is 2. The number of rotatable bonds is 1. The molecule has 5 heteroatoms. The molecule has 5 nitrogen and oxygen atoms in total. The van der Waals surface area contributed by atoms with Crippen molar-refractivity contribution >= 4 is 11.9 Å². The lowest BCUT2D eigenvalue weighted by atomic mass is 10.3. The van der Waals surface area contributed by atoms with E-state index in [0.717, 1.165) is 6.20 Å². The molecule has 0 aromatic heterocycles. The second kappa shape index (κ2) is 3.49. The molecule has 10 heavy (non-hydrogen) atoms. The van der Waals surface area contributed by atoms with Crippen LogP contribution in [0.4, 0.5) is 4.79 Å². The first-order valence-corrected chi connectivity index (χ1v) is 2.57. The molecule has 0 rings (SSSR count). The van der Waals surface area contributed by atoms with E-state index in [4.69, 9.17) is 5.73 Å². The average molecular weight is 143 g/mol. The third-order valence-corrected chi connectivity index (χ3v) is 0.845. The highest BCUT2D eigenvalue weighted by atomic mass is 16.2. The van der Waals surface area contributed by atoms with E-state index in [2.05, 4.69) is 5.73 Å². The van der Waals surface area contributed by atoms with Crippen LogP contribution in [0, 0.1) is 0 Å². The van der Waals surface area contributed by atoms with Crippen molar-refractivity contribution in [3.8, 4) is 0 Å². The maximum Gasteiger partial charge on any atom is 0.319 e. The summed E-state index contributed by atoms with van der Waals surface area (Å²) in [4.78, 5) is 20.7. The van der Waals surface area contributed by atoms with Crippen molar-refractivity contribution in [2.75, 3.05) is 0 Å². The standard InChI is InChI=1S/C5H9N3O2/c1-3(2-6)4(9)8-5(7)10/h2H,6H2,1H3,(H3,7,8,9,10). The molecule has 0 atom stereocenters. The summed E-state index contributed by atoms with van der Waals surface area (Å²) in [7, 11) is 0. The second-order valence-electron chi connectivity index (χ2n) is 1.67. The lowest BCUT2D eigenvalue weighted by Crippen LogP contribution is -2.35. The maximum absolute atomic E-state index is 10.6. The van der Waals surface area contributed by atoms with Gasteiger partial charge in [-0.25, -0.2) is 4.79 Å². The third kappa shape index (κ3) is 2.71. The molecule has 0 aromatic carbocycles. The fourth-order valence-corrected chi connectivity index (χ4v) is 0.286. The summed E-state index contributed by atoms with van der Waals surface area (Å²) in [6.45, 7) is 1.47. The van der Waals surface area contributed by atoms with Crippen LogP contribution in [0.2, 0.25) is 0 Å². The fourth-order valence-electron chi connectivity index (χ4n) is 0.286. The van der Waals surface area contributed by atoms with Gasteiger partial charge < -0.3 is 11.5 Å². The highest BCUT2D eigenvalue weighted by molar-refractivity contribution is 6.02. The zero-order valence-corrected chi connectivity index (χ0v) is 5.55. The van der Waals surface area contributed by atoms with Crippen LogP contribution in [0.15, 0.2) is 11.8 Å². The molecule has 0 heterocycles. The number of carbonyl (C=O) groups is 2. The first-order chi connectivity index (χ1) is 4.57. The van der Waals surface area contributed by atoms with Gasteiger partial charge in [-0.05, 0) is 6.92 Å². The molecule has 0 aromatic rings. The summed E-state index contributed by atoms with van der Waals surface area (Å²) in [6, 6.07) is -0.883. The molecular formula is C5H9N3O2. The Morgan fingerprint density at radius 2 is 2.00 bits per heavy atom. The topological polar surface area (TPSA) is 98.2 Å². The Labute approximate surface area is 58.1 Å². The number of imide groups is 1. The van der Waals surface area contributed by atoms with Gasteiger partial charge in [-0.15, -0.1) is 0 Å². The largest absolute Gasteiger partial charge is 0.404 e. The van der Waals surface area contributed by atoms with E-state index in [0.29, 0.717) is 0 Å². The lowest BCUT2D eigenvalue weighted by Gasteiger charge is -1.97. The summed E-state index contributed by atoms with van der Waals surface area (Å²) in [5.41, 5.74) is 9.87. The molecule has 3 amide bonds. The van der Waals surface area contributed by atoms with Crippen LogP contribution in [0.5, 0.6) is 0 Å². The molecule has 5 N–H and O–H groups in total. The van der Waals surface area contributed by atoms with Crippen LogP contribution in [0.25, 0.3) is 0 Å². The molecule has 0 aliphatic carbocycles. The van der Waals surface area contributed by atoms with Crippen molar-refractivity contribution in [2.45, 2.75) is 6.92 Å². The third-order valence-electron chi connectivity index (χ3n) is 0.845. The number of urea groups is 1. The van der Waals surface area contributed by atoms with Gasteiger partial charge in [-0.2, -0.15) is 0 Å². The molecule has 0 aliphatic heterocycles. The Morgan fingerprint density at radius 1 is 1.50 bits per heavy atom. The van der Waals surface area contributed by atoms with Gasteiger partial charge in [0, 0.05) is 11.8 Å². The Hall–Kier alpha value is -1.52. The van der Waals surface area contributed by atoms with E-state index >= 15 is 0 Å². The zero-order chi connectivity index (χ0) is 8.15. The number of hydrogen-bond acceptors (Lipinski definition) is 3. The molecule has 0 fully saturated rings. The maximum atomic E-state index is 10.6. The Balaban J connectivity index is 3.99. The van der Waals surface area contributed by atoms with Crippen LogP contribution in [-0.2, 0) is 4.79 Å². The normalized spacial score (nSPS) is 10.7. The van der Waals surface area contributed by atoms with E-state index in [-0.39, 0.29) is 5.57 Å². The second-order valence-corrected chi connectivity index (χ2v) is 1.67. The van der Waals surface area contributed by atoms with Gasteiger partial charge in [-0.3, -0.25) is 10.1 Å². The van der Waals surface area contributed by atoms with Crippen LogP contribution >= 0.6 is 0 Å². The quantitative estimate of drug-likeness (QED) is 0.412. The summed E-state index contributed by atoms with van der Waals surface area (Å²) in [6.07, 6.45) is 1.10. The highest BCUT2D eigenvalue weighted by Crippen LogP contribution is 1.86. The van der Waals surface area contributed by atoms with Crippen LogP contribution in [-0.4, -0.2) is 11.9 Å². The minimum Gasteiger partial charge on any atom is -0.404 e. The van der Waals surface area contributed by atoms with Crippen molar-refractivity contribution < 1.29 is 9.59 Å². The number of primary amides is 1. The van der Waals surface area contributed by atoms with E-state index in [1.807, 2.05) is 5.32 Å². The number of hydrogen-bond donors (Lipinski definition) is 3. The predicted molar refractivity (Wildman–Crippen MR) is 35.7 cm³/mol. The number of carbonyl (C=O) groups excluding carboxylic acids is 2. The Bertz CT molecular complexity index is 185. The van der Waals surface area contributed by atoms with E-state index in [1.165, 1.54) is 6.92 Å². The molecule has 0 saturated carbocycles. The fraction of sp³-hybridized carbons (Fsp3) is 0.200. The predicted octanol–water partition coefficient (Wildman–Crippen LogP) is -0.956. The van der Waals surface area contributed by atoms with Crippen molar-refractivity contribution in [3.63, 3.8) is 0 Å². The van der Waals surface area contributed by atoms with Gasteiger partial charge in [0.2, 0.25) is 0 Å². The zero-order valence-electron chi connectivity index (χ0n) is 5.55. The Morgan fingerprint density at radius 3 is 2.30 bits per heavy atom. The average Bonchev–Trinajstić information content (AvgIpc) is 1.85. The van der Waals surface area contributed by atoms with Crippen molar-refractivity contribution in [2.24, 2.45) is 11.5 Å². The SMILES string of the molecule is CC(=CN)C(=O)NC(N)=O. The molecular weight excluding hydrogens is 134 g/mol. The first kappa shape index (κ1) is 8.48. The van der Waals surface area contributed by atoms with Gasteiger partial charge in [0.25, 0.3) is 5.91 Å². The van der Waals surface area contributed by atoms with Crippen molar-refractivity contribution in [1.82, 2.24) is 5.32 Å². The summed E-state index contributed by atoms with van der Waals surface area (Å²) < 4.78 is 0. The summed E-state index contributed by atoms with van der Waals surface area (Å²) >= 11 is 0. The van der Waals surface area contributed by atoms with Crippen LogP contribution in [0.1, 0.15) is 6.92 Å². The monoisotopic (exact) mass is 143 g/mol. The Kier molecular flexibility index (Phi) is 2.96. The van der Waals surface area contributed by atoms with E-state index in [1.54, 1.807) is 0 Å². The molecule has 0 aliphatic rings. The van der Waals surface area contributed by atoms with Gasteiger partial charge in [-0.1, -0.05) is 0 Å². The number of nitrogens with one attached hydrogen (secondary N) is 1. The van der Waals surface area contributed by atoms with Gasteiger partial charge in [0.1, 0.15) is 0 Å². The summed E-state index contributed by atoms with van der Waals surface area (Å²) in [5.74, 6) is -0.574. The molecule has 0 saturated heterocycles. The molecule has 0 unspecified atom stereocenters. The molecule has 56 valence electrons. The number of amides is 3. The van der Waals surface area contributed by atoms with Crippen molar-refractivity contribution in [1.29, 1.82) is 0 Å². The van der Waals surface area contributed by atoms with Crippen LogP contribution < -0.4 is 16.8 Å². The van der Waals surface area contributed by atoms with E-state index in [9.17, 15) is 9.59 Å². The summed E-state index contributed by atoms with van der Waals surface area (Å²) in [5, 5.41) is 1.85. The highest BCUT2D eigenvalue weighted by Gasteiger charge is 2.03. The first-order valence-electron chi connectivity index (χ1n) is 2.57. The minimum absolute atomic E-state index is 0.249. The van der Waals surface area contributed by atoms with Gasteiger partial charge in [0.05, 0.1) is 0 Å². The molecule has 0 radical (unpaired) electrons. The van der Waals surface area contributed by atoms with Crippen LogP contribution in [0.3, 0.4) is 0 Å². The smallest absolute Gasteiger partial charge is 0.319 e. The minimum atomic E-state index is -0.883. The van der Waals surface area contributed by atoms with Gasteiger partial charge >= 0.3 is 6.03 Å². The molecule has 0 spiro atoms. The van der Waals surface area contributed by atoms with E-state index < -0.39 is 11.9 Å². The molecule has 0 bridgehead atoms. The van der Waals surface area contributed by atoms with Gasteiger partial charge in [0.15, 0.2) is 0 Å². The van der Waals surface area contributed by atoms with Crippen molar-refractivity contribution in [3.05, 3.63) is 11.8 Å².